The summed E-state index contributed by atoms with van der Waals surface area (Å²) in [6, 6.07) is 6.87. The first-order valence-corrected chi connectivity index (χ1v) is 8.62. The zero-order chi connectivity index (χ0) is 17.9. The number of rotatable bonds is 3. The topological polar surface area (TPSA) is 58.6 Å². The highest BCUT2D eigenvalue weighted by molar-refractivity contribution is 6.30. The van der Waals surface area contributed by atoms with Crippen molar-refractivity contribution in [2.24, 2.45) is 0 Å². The van der Waals surface area contributed by atoms with Crippen LogP contribution in [0.25, 0.3) is 0 Å². The Morgan fingerprint density at radius 1 is 1.33 bits per heavy atom. The highest BCUT2D eigenvalue weighted by Gasteiger charge is 2.38. The Kier molecular flexibility index (Phi) is 5.75. The van der Waals surface area contributed by atoms with Gasteiger partial charge in [-0.05, 0) is 51.3 Å². The van der Waals surface area contributed by atoms with Gasteiger partial charge in [0.2, 0.25) is 5.91 Å². The second kappa shape index (κ2) is 7.43. The molecular weight excluding hydrogens is 328 g/mol. The Balaban J connectivity index is 2.11. The molecule has 1 saturated heterocycles. The second-order valence-corrected chi connectivity index (χ2v) is 7.53. The minimum absolute atomic E-state index is 0.131. The molecule has 1 heterocycles. The van der Waals surface area contributed by atoms with Crippen molar-refractivity contribution in [1.29, 1.82) is 0 Å². The first-order valence-electron chi connectivity index (χ1n) is 8.24. The average Bonchev–Trinajstić information content (AvgIpc) is 2.47. The number of carbonyl (C=O) groups excluding carboxylic acids is 2. The van der Waals surface area contributed by atoms with Crippen molar-refractivity contribution < 1.29 is 14.3 Å². The normalized spacial score (nSPS) is 21.4. The van der Waals surface area contributed by atoms with E-state index in [1.165, 1.54) is 0 Å². The van der Waals surface area contributed by atoms with E-state index >= 15 is 0 Å². The molecule has 0 spiro atoms. The molecule has 24 heavy (non-hydrogen) atoms. The summed E-state index contributed by atoms with van der Waals surface area (Å²) in [5.74, 6) is -0.131. The van der Waals surface area contributed by atoms with Crippen molar-refractivity contribution in [2.75, 3.05) is 6.54 Å². The van der Waals surface area contributed by atoms with Crippen LogP contribution in [-0.2, 0) is 16.0 Å². The van der Waals surface area contributed by atoms with Gasteiger partial charge in [-0.2, -0.15) is 0 Å². The molecule has 1 aromatic rings. The summed E-state index contributed by atoms with van der Waals surface area (Å²) in [5.41, 5.74) is 0.471. The number of nitrogens with one attached hydrogen (secondary N) is 1. The number of piperazine rings is 1. The molecule has 0 aliphatic carbocycles. The van der Waals surface area contributed by atoms with Gasteiger partial charge in [0.15, 0.2) is 0 Å². The van der Waals surface area contributed by atoms with Crippen LogP contribution >= 0.6 is 11.6 Å². The Hall–Kier alpha value is -1.75. The fraction of sp³-hybridized carbons (Fsp3) is 0.556. The molecule has 2 rings (SSSR count). The molecule has 0 aromatic heterocycles. The number of halogens is 1. The van der Waals surface area contributed by atoms with Crippen LogP contribution in [0.1, 0.15) is 39.7 Å². The quantitative estimate of drug-likeness (QED) is 0.907. The molecular formula is C18H25ClN2O3. The maximum absolute atomic E-state index is 12.5. The van der Waals surface area contributed by atoms with Crippen LogP contribution in [0.4, 0.5) is 4.79 Å². The molecule has 0 radical (unpaired) electrons. The van der Waals surface area contributed by atoms with E-state index in [4.69, 9.17) is 16.3 Å². The van der Waals surface area contributed by atoms with E-state index in [2.05, 4.69) is 5.32 Å². The van der Waals surface area contributed by atoms with Crippen LogP contribution in [0.2, 0.25) is 5.02 Å². The summed E-state index contributed by atoms with van der Waals surface area (Å²) in [4.78, 5) is 26.4. The minimum atomic E-state index is -0.588. The largest absolute Gasteiger partial charge is 0.444 e. The molecule has 132 valence electrons. The molecule has 1 aliphatic rings. The van der Waals surface area contributed by atoms with E-state index in [0.29, 0.717) is 24.4 Å². The second-order valence-electron chi connectivity index (χ2n) is 7.09. The van der Waals surface area contributed by atoms with Gasteiger partial charge in [-0.3, -0.25) is 9.69 Å². The molecule has 1 N–H and O–H groups in total. The van der Waals surface area contributed by atoms with Gasteiger partial charge in [-0.1, -0.05) is 30.7 Å². The van der Waals surface area contributed by atoms with Crippen LogP contribution < -0.4 is 5.32 Å². The third-order valence-corrected chi connectivity index (χ3v) is 4.10. The van der Waals surface area contributed by atoms with E-state index in [1.54, 1.807) is 4.90 Å². The van der Waals surface area contributed by atoms with Gasteiger partial charge in [0.25, 0.3) is 0 Å². The van der Waals surface area contributed by atoms with E-state index < -0.39 is 17.7 Å². The number of hydrogen-bond acceptors (Lipinski definition) is 3. The monoisotopic (exact) mass is 352 g/mol. The molecule has 1 fully saturated rings. The first-order chi connectivity index (χ1) is 11.2. The van der Waals surface area contributed by atoms with Crippen molar-refractivity contribution >= 4 is 23.6 Å². The van der Waals surface area contributed by atoms with Crippen molar-refractivity contribution in [2.45, 2.75) is 58.2 Å². The van der Waals surface area contributed by atoms with Crippen molar-refractivity contribution in [3.05, 3.63) is 34.9 Å². The Labute approximate surface area is 148 Å². The van der Waals surface area contributed by atoms with Gasteiger partial charge in [0.1, 0.15) is 11.6 Å². The van der Waals surface area contributed by atoms with Crippen molar-refractivity contribution in [3.8, 4) is 0 Å². The smallest absolute Gasteiger partial charge is 0.411 e. The lowest BCUT2D eigenvalue weighted by molar-refractivity contribution is -0.130. The molecule has 6 heteroatoms. The zero-order valence-corrected chi connectivity index (χ0v) is 15.4. The number of amides is 2. The number of nitrogens with zero attached hydrogens (tertiary/aromatic N) is 1. The molecule has 5 nitrogen and oxygen atoms in total. The van der Waals surface area contributed by atoms with Crippen molar-refractivity contribution in [1.82, 2.24) is 10.2 Å². The van der Waals surface area contributed by atoms with Crippen LogP contribution in [0.5, 0.6) is 0 Å². The highest BCUT2D eigenvalue weighted by Crippen LogP contribution is 2.19. The van der Waals surface area contributed by atoms with Gasteiger partial charge in [-0.15, -0.1) is 0 Å². The lowest BCUT2D eigenvalue weighted by Crippen LogP contribution is -2.62. The Morgan fingerprint density at radius 3 is 2.50 bits per heavy atom. The fourth-order valence-corrected chi connectivity index (χ4v) is 2.92. The predicted octanol–water partition coefficient (Wildman–Crippen LogP) is 3.40. The Bertz CT molecular complexity index is 595. The highest BCUT2D eigenvalue weighted by atomic mass is 35.5. The third-order valence-electron chi connectivity index (χ3n) is 3.85. The molecule has 2 amide bonds. The summed E-state index contributed by atoms with van der Waals surface area (Å²) in [5, 5.41) is 3.68. The average molecular weight is 353 g/mol. The maximum atomic E-state index is 12.5. The zero-order valence-electron chi connectivity index (χ0n) is 14.6. The molecule has 0 saturated carbocycles. The molecule has 1 aromatic carbocycles. The number of ether oxygens (including phenoxy) is 1. The lowest BCUT2D eigenvalue weighted by atomic mass is 10.0. The third kappa shape index (κ3) is 4.87. The fourth-order valence-electron chi connectivity index (χ4n) is 2.80. The first kappa shape index (κ1) is 18.6. The van der Waals surface area contributed by atoms with Gasteiger partial charge in [-0.25, -0.2) is 4.79 Å². The molecule has 0 unspecified atom stereocenters. The predicted molar refractivity (Wildman–Crippen MR) is 94.1 cm³/mol. The molecule has 0 bridgehead atoms. The van der Waals surface area contributed by atoms with Crippen LogP contribution in [0, 0.1) is 0 Å². The summed E-state index contributed by atoms with van der Waals surface area (Å²) in [7, 11) is 0. The number of benzene rings is 1. The van der Waals surface area contributed by atoms with Crippen LogP contribution in [0.3, 0.4) is 0 Å². The number of carbonyl (C=O) groups is 2. The minimum Gasteiger partial charge on any atom is -0.444 e. The lowest BCUT2D eigenvalue weighted by Gasteiger charge is -2.39. The van der Waals surface area contributed by atoms with Gasteiger partial charge in [0.05, 0.1) is 6.04 Å². The van der Waals surface area contributed by atoms with E-state index in [0.717, 1.165) is 5.56 Å². The van der Waals surface area contributed by atoms with Gasteiger partial charge < -0.3 is 10.1 Å². The van der Waals surface area contributed by atoms with E-state index in [1.807, 2.05) is 52.0 Å². The molecule has 2 atom stereocenters. The van der Waals surface area contributed by atoms with Crippen LogP contribution in [-0.4, -0.2) is 41.1 Å². The van der Waals surface area contributed by atoms with Gasteiger partial charge >= 0.3 is 6.09 Å². The summed E-state index contributed by atoms with van der Waals surface area (Å²) < 4.78 is 5.46. The summed E-state index contributed by atoms with van der Waals surface area (Å²) >= 11 is 5.90. The standard InChI is InChI=1S/C18H25ClN2O3/c1-5-15-16(22)20-14(10-12-6-8-13(19)9-7-12)11-21(15)17(23)24-18(2,3)4/h6-9,14-15H,5,10-11H2,1-4H3,(H,20,22)/t14-,15-/m0/s1. The van der Waals surface area contributed by atoms with Crippen LogP contribution in [0.15, 0.2) is 24.3 Å². The van der Waals surface area contributed by atoms with Crippen molar-refractivity contribution in [3.63, 3.8) is 0 Å². The van der Waals surface area contributed by atoms with E-state index in [9.17, 15) is 9.59 Å². The number of hydrogen-bond donors (Lipinski definition) is 1. The Morgan fingerprint density at radius 2 is 1.96 bits per heavy atom. The van der Waals surface area contributed by atoms with Gasteiger partial charge in [0, 0.05) is 11.6 Å². The SMILES string of the molecule is CC[C@H]1C(=O)N[C@@H](Cc2ccc(Cl)cc2)CN1C(=O)OC(C)(C)C. The van der Waals surface area contributed by atoms with E-state index in [-0.39, 0.29) is 11.9 Å². The summed E-state index contributed by atoms with van der Waals surface area (Å²) in [6.07, 6.45) is 0.752. The maximum Gasteiger partial charge on any atom is 0.411 e. The summed E-state index contributed by atoms with van der Waals surface area (Å²) in [6.45, 7) is 7.78. The molecule has 1 aliphatic heterocycles.